The van der Waals surface area contributed by atoms with Crippen LogP contribution in [0.1, 0.15) is 39.5 Å². The van der Waals surface area contributed by atoms with Gasteiger partial charge < -0.3 is 19.1 Å². The number of diazo groups is 1. The van der Waals surface area contributed by atoms with Gasteiger partial charge in [0.1, 0.15) is 6.15 Å². The van der Waals surface area contributed by atoms with Gasteiger partial charge in [0.05, 0.1) is 38.2 Å². The number of hydrogen-bond acceptors (Lipinski definition) is 5. The molecule has 0 spiro atoms. The number of nitrogens with zero attached hydrogens (tertiary/aromatic N) is 3. The molecule has 0 unspecified atom stereocenters. The minimum Gasteiger partial charge on any atom is -0.491 e. The Morgan fingerprint density at radius 2 is 1.02 bits per heavy atom. The maximum atomic E-state index is 9.33. The van der Waals surface area contributed by atoms with E-state index >= 15 is 0 Å². The molecule has 6 nitrogen and oxygen atoms in total. The van der Waals surface area contributed by atoms with Crippen LogP contribution >= 0.6 is 0 Å². The normalized spacial score (nSPS) is 12.7. The average molecular weight is 654 g/mol. The Hall–Kier alpha value is -5.06. The number of benzene rings is 5. The molecule has 0 aromatic heterocycles. The van der Waals surface area contributed by atoms with Crippen molar-refractivity contribution in [3.63, 3.8) is 0 Å². The first-order chi connectivity index (χ1) is 24.2. The van der Waals surface area contributed by atoms with Crippen molar-refractivity contribution in [2.24, 2.45) is 0 Å². The van der Waals surface area contributed by atoms with Gasteiger partial charge in [-0.3, -0.25) is 0 Å². The first kappa shape index (κ1) is 35.3. The molecule has 1 aliphatic heterocycles. The van der Waals surface area contributed by atoms with Crippen LogP contribution in [0.5, 0.6) is 11.5 Å². The fourth-order valence-corrected chi connectivity index (χ4v) is 6.67. The van der Waals surface area contributed by atoms with Gasteiger partial charge >= 0.3 is 5.69 Å². The van der Waals surface area contributed by atoms with E-state index in [1.54, 1.807) is 6.07 Å². The third-order valence-electron chi connectivity index (χ3n) is 9.21. The zero-order chi connectivity index (χ0) is 34.2. The van der Waals surface area contributed by atoms with Crippen molar-refractivity contribution < 1.29 is 14.2 Å². The van der Waals surface area contributed by atoms with E-state index in [9.17, 15) is 5.39 Å². The fraction of sp³-hybridized carbons (Fsp3) is 0.286. The lowest BCUT2D eigenvalue weighted by atomic mass is 9.13. The van der Waals surface area contributed by atoms with Crippen LogP contribution in [0.3, 0.4) is 0 Å². The second-order valence-corrected chi connectivity index (χ2v) is 12.4. The molecule has 0 N–H and O–H groups in total. The highest BCUT2D eigenvalue weighted by molar-refractivity contribution is 7.19. The Labute approximate surface area is 292 Å². The van der Waals surface area contributed by atoms with E-state index in [0.29, 0.717) is 37.9 Å². The summed E-state index contributed by atoms with van der Waals surface area (Å²) in [5.41, 5.74) is 6.75. The summed E-state index contributed by atoms with van der Waals surface area (Å²) in [5.74, 6) is 1.33. The highest BCUT2D eigenvalue weighted by atomic mass is 16.5. The molecule has 0 amide bonds. The maximum Gasteiger partial charge on any atom is 0.430 e. The topological polar surface area (TPSA) is 59.1 Å². The molecule has 5 aromatic rings. The Balaban J connectivity index is 0.000000191. The Morgan fingerprint density at radius 3 is 1.41 bits per heavy atom. The van der Waals surface area contributed by atoms with Crippen LogP contribution in [0.15, 0.2) is 133 Å². The van der Waals surface area contributed by atoms with Crippen LogP contribution < -0.4 is 36.2 Å². The molecule has 0 saturated carbocycles. The number of ether oxygens (including phenoxy) is 3. The smallest absolute Gasteiger partial charge is 0.430 e. The highest BCUT2D eigenvalue weighted by Gasteiger charge is 2.31. The van der Waals surface area contributed by atoms with Gasteiger partial charge in [0.15, 0.2) is 10.7 Å². The van der Waals surface area contributed by atoms with Crippen molar-refractivity contribution in [1.29, 1.82) is 5.39 Å². The van der Waals surface area contributed by atoms with E-state index in [4.69, 9.17) is 14.2 Å². The summed E-state index contributed by atoms with van der Waals surface area (Å²) in [6, 6.07) is 47.2. The van der Waals surface area contributed by atoms with Crippen molar-refractivity contribution in [1.82, 2.24) is 0 Å². The van der Waals surface area contributed by atoms with Gasteiger partial charge in [-0.2, -0.15) is 21.9 Å². The standard InChI is InChI=1S/C24H20B.C18H28N3O3/c1-5-13-21(14-6-1)25(22-15-7-2-8-16-22,23-17-9-3-10-18-23)24-19-11-4-12-20-24;1-3-5-9-23-17-14-16(21-7-11-22-12-8-21)18(13-15(17)20-19)24-10-6-4-2/h1-20H;13-14H,3-12H2,1-2H3/q-1;+1. The summed E-state index contributed by atoms with van der Waals surface area (Å²) in [7, 11) is 0. The number of morpholine rings is 1. The molecule has 0 aliphatic carbocycles. The third kappa shape index (κ3) is 8.70. The monoisotopic (exact) mass is 653 g/mol. The van der Waals surface area contributed by atoms with Crippen molar-refractivity contribution in [3.05, 3.63) is 138 Å². The predicted octanol–water partition coefficient (Wildman–Crippen LogP) is 7.43. The molecule has 1 saturated heterocycles. The second kappa shape index (κ2) is 18.5. The first-order valence-corrected chi connectivity index (χ1v) is 17.7. The highest BCUT2D eigenvalue weighted by Crippen LogP contribution is 2.41. The second-order valence-electron chi connectivity index (χ2n) is 12.4. The summed E-state index contributed by atoms with van der Waals surface area (Å²) in [6.45, 7) is 8.53. The van der Waals surface area contributed by atoms with Gasteiger partial charge in [-0.25, -0.2) is 0 Å². The van der Waals surface area contributed by atoms with E-state index in [1.807, 2.05) is 6.07 Å². The van der Waals surface area contributed by atoms with E-state index in [1.165, 1.54) is 21.9 Å². The molecule has 49 heavy (non-hydrogen) atoms. The summed E-state index contributed by atoms with van der Waals surface area (Å²) in [6.07, 6.45) is 2.87. The molecule has 1 fully saturated rings. The minimum atomic E-state index is -1.22. The number of anilines is 1. The Bertz CT molecular complexity index is 1560. The Kier molecular flexibility index (Phi) is 13.3. The molecule has 0 atom stereocenters. The molecular weight excluding hydrogens is 605 g/mol. The number of rotatable bonds is 13. The lowest BCUT2D eigenvalue weighted by Gasteiger charge is -2.44. The largest absolute Gasteiger partial charge is 0.491 e. The summed E-state index contributed by atoms with van der Waals surface area (Å²) in [5, 5.41) is 9.33. The lowest BCUT2D eigenvalue weighted by molar-refractivity contribution is 0.122. The summed E-state index contributed by atoms with van der Waals surface area (Å²) >= 11 is 0. The van der Waals surface area contributed by atoms with E-state index < -0.39 is 6.15 Å². The van der Waals surface area contributed by atoms with Crippen molar-refractivity contribution in [3.8, 4) is 11.5 Å². The SMILES string of the molecule is CCCCOc1cc(N2CCOCC2)c(OCCCC)cc1[N+]#N.c1ccc([B-](c2ccccc2)(c2ccccc2)c2ccccc2)cc1. The molecule has 6 rings (SSSR count). The Morgan fingerprint density at radius 1 is 0.612 bits per heavy atom. The van der Waals surface area contributed by atoms with Crippen LogP contribution in [0.2, 0.25) is 0 Å². The molecule has 1 heterocycles. The van der Waals surface area contributed by atoms with Crippen LogP contribution in [-0.2, 0) is 4.74 Å². The molecular formula is C42H48BN3O3. The van der Waals surface area contributed by atoms with Crippen LogP contribution in [0.25, 0.3) is 4.98 Å². The van der Waals surface area contributed by atoms with E-state index in [2.05, 4.69) is 145 Å². The summed E-state index contributed by atoms with van der Waals surface area (Å²) in [4.78, 5) is 5.61. The third-order valence-corrected chi connectivity index (χ3v) is 9.21. The van der Waals surface area contributed by atoms with E-state index in [-0.39, 0.29) is 0 Å². The molecule has 252 valence electrons. The van der Waals surface area contributed by atoms with Crippen LogP contribution in [0.4, 0.5) is 11.4 Å². The number of hydrogen-bond donors (Lipinski definition) is 0. The van der Waals surface area contributed by atoms with Gasteiger partial charge in [-0.15, -0.1) is 0 Å². The quantitative estimate of drug-likeness (QED) is 0.0752. The van der Waals surface area contributed by atoms with Crippen molar-refractivity contribution >= 4 is 39.4 Å². The van der Waals surface area contributed by atoms with Gasteiger partial charge in [0, 0.05) is 19.2 Å². The molecule has 0 bridgehead atoms. The zero-order valence-electron chi connectivity index (χ0n) is 28.9. The fourth-order valence-electron chi connectivity index (χ4n) is 6.67. The molecule has 1 aliphatic rings. The maximum absolute atomic E-state index is 9.33. The first-order valence-electron chi connectivity index (χ1n) is 17.7. The predicted molar refractivity (Wildman–Crippen MR) is 205 cm³/mol. The molecule has 0 radical (unpaired) electrons. The minimum absolute atomic E-state index is 0.412. The van der Waals surface area contributed by atoms with Crippen LogP contribution in [0, 0.1) is 5.39 Å². The van der Waals surface area contributed by atoms with Crippen molar-refractivity contribution in [2.75, 3.05) is 44.4 Å². The lowest BCUT2D eigenvalue weighted by Crippen LogP contribution is -2.74. The van der Waals surface area contributed by atoms with Crippen LogP contribution in [-0.4, -0.2) is 45.7 Å². The van der Waals surface area contributed by atoms with Crippen molar-refractivity contribution in [2.45, 2.75) is 39.5 Å². The average Bonchev–Trinajstić information content (AvgIpc) is 3.18. The molecule has 5 aromatic carbocycles. The zero-order valence-corrected chi connectivity index (χ0v) is 28.9. The molecule has 7 heteroatoms. The van der Waals surface area contributed by atoms with Gasteiger partial charge in [0.25, 0.3) is 0 Å². The van der Waals surface area contributed by atoms with Gasteiger partial charge in [-0.1, -0.05) is 148 Å². The summed E-state index contributed by atoms with van der Waals surface area (Å²) < 4.78 is 17.2. The van der Waals surface area contributed by atoms with Gasteiger partial charge in [0.2, 0.25) is 11.1 Å². The number of unbranched alkanes of at least 4 members (excludes halogenated alkanes) is 2. The van der Waals surface area contributed by atoms with Gasteiger partial charge in [-0.05, 0) is 12.8 Å². The van der Waals surface area contributed by atoms with E-state index in [0.717, 1.165) is 50.2 Å².